The summed E-state index contributed by atoms with van der Waals surface area (Å²) in [5.41, 5.74) is 3.21. The molecular formula is C25H27F3N2O3. The number of esters is 1. The third-order valence-electron chi connectivity index (χ3n) is 5.58. The van der Waals surface area contributed by atoms with Crippen LogP contribution in [0.2, 0.25) is 0 Å². The molecule has 5 nitrogen and oxygen atoms in total. The summed E-state index contributed by atoms with van der Waals surface area (Å²) in [4.78, 5) is 25.8. The molecular weight excluding hydrogens is 433 g/mol. The minimum absolute atomic E-state index is 0.00371. The van der Waals surface area contributed by atoms with E-state index in [9.17, 15) is 22.8 Å². The smallest absolute Gasteiger partial charge is 0.401 e. The van der Waals surface area contributed by atoms with E-state index in [0.29, 0.717) is 0 Å². The summed E-state index contributed by atoms with van der Waals surface area (Å²) >= 11 is 0. The fourth-order valence-corrected chi connectivity index (χ4v) is 4.01. The van der Waals surface area contributed by atoms with Crippen LogP contribution in [0.1, 0.15) is 29.5 Å². The normalized spacial score (nSPS) is 19.1. The topological polar surface area (TPSA) is 58.6 Å². The monoisotopic (exact) mass is 460 g/mol. The lowest BCUT2D eigenvalue weighted by Crippen LogP contribution is -2.33. The lowest BCUT2D eigenvalue weighted by molar-refractivity contribution is -0.151. The predicted molar refractivity (Wildman–Crippen MR) is 121 cm³/mol. The van der Waals surface area contributed by atoms with E-state index in [1.54, 1.807) is 37.3 Å². The molecule has 2 aromatic carbocycles. The highest BCUT2D eigenvalue weighted by Gasteiger charge is 2.43. The maximum absolute atomic E-state index is 12.9. The first-order valence-corrected chi connectivity index (χ1v) is 10.8. The standard InChI is InChI=1S/C25H27F3N2O3/c1-3-33-24(32)21-15-30(16-25(26,27)28)14-20(21)19-11-8-18(9-12-19)10-13-23(31)29-22-7-5-4-6-17(22)2/h4-13,20-21H,3,14-16H2,1-2H3,(H,29,31). The molecule has 1 aliphatic rings. The van der Waals surface area contributed by atoms with Crippen molar-refractivity contribution in [2.24, 2.45) is 5.92 Å². The molecule has 2 atom stereocenters. The maximum atomic E-state index is 12.9. The van der Waals surface area contributed by atoms with Crippen molar-refractivity contribution in [3.05, 3.63) is 71.3 Å². The van der Waals surface area contributed by atoms with E-state index in [0.717, 1.165) is 22.4 Å². The predicted octanol–water partition coefficient (Wildman–Crippen LogP) is 4.79. The van der Waals surface area contributed by atoms with E-state index < -0.39 is 30.5 Å². The number of carbonyl (C=O) groups excluding carboxylic acids is 2. The summed E-state index contributed by atoms with van der Waals surface area (Å²) in [7, 11) is 0. The Labute approximate surface area is 191 Å². The number of anilines is 1. The Hall–Kier alpha value is -3.13. The van der Waals surface area contributed by atoms with Crippen molar-refractivity contribution >= 4 is 23.6 Å². The van der Waals surface area contributed by atoms with Gasteiger partial charge in [0.1, 0.15) is 0 Å². The van der Waals surface area contributed by atoms with Gasteiger partial charge in [-0.1, -0.05) is 42.5 Å². The van der Waals surface area contributed by atoms with Gasteiger partial charge in [0.15, 0.2) is 0 Å². The average Bonchev–Trinajstić information content (AvgIpc) is 3.16. The van der Waals surface area contributed by atoms with Crippen molar-refractivity contribution in [3.63, 3.8) is 0 Å². The molecule has 0 spiro atoms. The summed E-state index contributed by atoms with van der Waals surface area (Å²) in [6, 6.07) is 14.6. The highest BCUT2D eigenvalue weighted by molar-refractivity contribution is 6.02. The van der Waals surface area contributed by atoms with Gasteiger partial charge in [-0.2, -0.15) is 13.2 Å². The molecule has 0 aromatic heterocycles. The summed E-state index contributed by atoms with van der Waals surface area (Å²) in [5, 5.41) is 2.82. The van der Waals surface area contributed by atoms with Crippen LogP contribution in [0.5, 0.6) is 0 Å². The molecule has 1 aliphatic heterocycles. The summed E-state index contributed by atoms with van der Waals surface area (Å²) in [6.07, 6.45) is -1.25. The van der Waals surface area contributed by atoms with Crippen LogP contribution in [0.4, 0.5) is 18.9 Å². The van der Waals surface area contributed by atoms with E-state index in [-0.39, 0.29) is 25.6 Å². The molecule has 0 bridgehead atoms. The van der Waals surface area contributed by atoms with Gasteiger partial charge in [-0.05, 0) is 42.7 Å². The highest BCUT2D eigenvalue weighted by atomic mass is 19.4. The second kappa shape index (κ2) is 10.7. The third-order valence-corrected chi connectivity index (χ3v) is 5.58. The summed E-state index contributed by atoms with van der Waals surface area (Å²) < 4.78 is 43.7. The van der Waals surface area contributed by atoms with Gasteiger partial charge in [-0.25, -0.2) is 0 Å². The van der Waals surface area contributed by atoms with Crippen LogP contribution in [0.25, 0.3) is 6.08 Å². The molecule has 176 valence electrons. The van der Waals surface area contributed by atoms with Crippen molar-refractivity contribution in [2.45, 2.75) is 25.9 Å². The second-order valence-corrected chi connectivity index (χ2v) is 8.08. The van der Waals surface area contributed by atoms with Gasteiger partial charge in [0.05, 0.1) is 19.1 Å². The van der Waals surface area contributed by atoms with Gasteiger partial charge in [-0.15, -0.1) is 0 Å². The number of alkyl halides is 3. The number of amides is 1. The quantitative estimate of drug-likeness (QED) is 0.477. The molecule has 0 aliphatic carbocycles. The molecule has 2 aromatic rings. The second-order valence-electron chi connectivity index (χ2n) is 8.08. The fraction of sp³-hybridized carbons (Fsp3) is 0.360. The minimum Gasteiger partial charge on any atom is -0.466 e. The van der Waals surface area contributed by atoms with Gasteiger partial charge in [0, 0.05) is 30.8 Å². The zero-order valence-corrected chi connectivity index (χ0v) is 18.6. The fourth-order valence-electron chi connectivity index (χ4n) is 4.01. The van der Waals surface area contributed by atoms with E-state index in [4.69, 9.17) is 4.74 Å². The van der Waals surface area contributed by atoms with E-state index >= 15 is 0 Å². The van der Waals surface area contributed by atoms with Crippen LogP contribution >= 0.6 is 0 Å². The number of benzene rings is 2. The molecule has 33 heavy (non-hydrogen) atoms. The molecule has 1 amide bonds. The van der Waals surface area contributed by atoms with E-state index in [2.05, 4.69) is 5.32 Å². The molecule has 0 saturated carbocycles. The largest absolute Gasteiger partial charge is 0.466 e. The summed E-state index contributed by atoms with van der Waals surface area (Å²) in [6.45, 7) is 2.82. The molecule has 1 saturated heterocycles. The van der Waals surface area contributed by atoms with E-state index in [1.807, 2.05) is 31.2 Å². The number of likely N-dealkylation sites (tertiary alicyclic amines) is 1. The Morgan fingerprint density at radius 2 is 1.82 bits per heavy atom. The Balaban J connectivity index is 1.69. The van der Waals surface area contributed by atoms with Gasteiger partial charge in [0.2, 0.25) is 5.91 Å². The van der Waals surface area contributed by atoms with Gasteiger partial charge in [0.25, 0.3) is 0 Å². The Bertz CT molecular complexity index is 1000. The van der Waals surface area contributed by atoms with Gasteiger partial charge in [-0.3, -0.25) is 14.5 Å². The number of aryl methyl sites for hydroxylation is 1. The molecule has 0 radical (unpaired) electrons. The molecule has 1 N–H and O–H groups in total. The maximum Gasteiger partial charge on any atom is 0.401 e. The summed E-state index contributed by atoms with van der Waals surface area (Å²) in [5.74, 6) is -1.80. The van der Waals surface area contributed by atoms with Crippen LogP contribution in [-0.2, 0) is 14.3 Å². The minimum atomic E-state index is -4.33. The number of ether oxygens (including phenoxy) is 1. The van der Waals surface area contributed by atoms with Gasteiger partial charge >= 0.3 is 12.1 Å². The van der Waals surface area contributed by atoms with Crippen LogP contribution in [0, 0.1) is 12.8 Å². The number of nitrogens with one attached hydrogen (secondary N) is 1. The average molecular weight is 460 g/mol. The molecule has 1 heterocycles. The first-order chi connectivity index (χ1) is 15.7. The number of halogens is 3. The molecule has 8 heteroatoms. The number of hydrogen-bond acceptors (Lipinski definition) is 4. The van der Waals surface area contributed by atoms with E-state index in [1.165, 1.54) is 11.0 Å². The number of rotatable bonds is 7. The Kier molecular flexibility index (Phi) is 7.92. The lowest BCUT2D eigenvalue weighted by atomic mass is 9.88. The molecule has 2 unspecified atom stereocenters. The van der Waals surface area contributed by atoms with Crippen LogP contribution in [-0.4, -0.2) is 49.2 Å². The zero-order valence-electron chi connectivity index (χ0n) is 18.6. The van der Waals surface area contributed by atoms with Crippen molar-refractivity contribution in [1.82, 2.24) is 4.90 Å². The van der Waals surface area contributed by atoms with Crippen molar-refractivity contribution in [2.75, 3.05) is 31.6 Å². The zero-order chi connectivity index (χ0) is 24.0. The van der Waals surface area contributed by atoms with Crippen LogP contribution in [0.15, 0.2) is 54.6 Å². The Morgan fingerprint density at radius 3 is 2.45 bits per heavy atom. The number of carbonyl (C=O) groups is 2. The van der Waals surface area contributed by atoms with Crippen molar-refractivity contribution < 1.29 is 27.5 Å². The molecule has 1 fully saturated rings. The number of hydrogen-bond donors (Lipinski definition) is 1. The van der Waals surface area contributed by atoms with Crippen LogP contribution < -0.4 is 5.32 Å². The lowest BCUT2D eigenvalue weighted by Gasteiger charge is -2.18. The first-order valence-electron chi connectivity index (χ1n) is 10.8. The van der Waals surface area contributed by atoms with Gasteiger partial charge < -0.3 is 10.1 Å². The third kappa shape index (κ3) is 6.92. The molecule has 3 rings (SSSR count). The van der Waals surface area contributed by atoms with Crippen molar-refractivity contribution in [3.8, 4) is 0 Å². The highest BCUT2D eigenvalue weighted by Crippen LogP contribution is 2.35. The Morgan fingerprint density at radius 1 is 1.12 bits per heavy atom. The SMILES string of the molecule is CCOC(=O)C1CN(CC(F)(F)F)CC1c1ccc(C=CC(=O)Nc2ccccc2C)cc1. The van der Waals surface area contributed by atoms with Crippen molar-refractivity contribution in [1.29, 1.82) is 0 Å². The number of para-hydroxylation sites is 1. The number of nitrogens with zero attached hydrogens (tertiary/aromatic N) is 1. The van der Waals surface area contributed by atoms with Crippen LogP contribution in [0.3, 0.4) is 0 Å². The first kappa shape index (κ1) is 24.5.